The van der Waals surface area contributed by atoms with E-state index in [-0.39, 0.29) is 6.42 Å². The Balaban J connectivity index is 2.12. The molecule has 0 saturated carbocycles. The van der Waals surface area contributed by atoms with Gasteiger partial charge in [0.25, 0.3) is 5.91 Å². The predicted molar refractivity (Wildman–Crippen MR) is 83.0 cm³/mol. The lowest BCUT2D eigenvalue weighted by Crippen LogP contribution is -2.42. The van der Waals surface area contributed by atoms with E-state index in [0.29, 0.717) is 15.7 Å². The number of hydrogen-bond donors (Lipinski definition) is 3. The molecule has 21 heavy (non-hydrogen) atoms. The third-order valence-electron chi connectivity index (χ3n) is 2.76. The second-order valence-corrected chi connectivity index (χ2v) is 6.04. The molecule has 0 fully saturated rings. The van der Waals surface area contributed by atoms with Gasteiger partial charge >= 0.3 is 5.97 Å². The molecule has 0 aliphatic carbocycles. The number of H-pyrrole nitrogens is 1. The Bertz CT molecular complexity index is 659. The number of carbonyl (C=O) groups excluding carboxylic acids is 1. The summed E-state index contributed by atoms with van der Waals surface area (Å²) in [6.45, 7) is 0. The quantitative estimate of drug-likeness (QED) is 0.697. The van der Waals surface area contributed by atoms with Crippen molar-refractivity contribution in [2.45, 2.75) is 12.5 Å². The van der Waals surface area contributed by atoms with Crippen LogP contribution >= 0.6 is 31.9 Å². The maximum Gasteiger partial charge on any atom is 0.326 e. The topological polar surface area (TPSA) is 95.1 Å². The van der Waals surface area contributed by atoms with Crippen molar-refractivity contribution in [3.63, 3.8) is 0 Å². The Morgan fingerprint density at radius 1 is 1.38 bits per heavy atom. The lowest BCUT2D eigenvalue weighted by molar-refractivity contribution is -0.139. The van der Waals surface area contributed by atoms with Gasteiger partial charge < -0.3 is 15.4 Å². The molecule has 0 spiro atoms. The van der Waals surface area contributed by atoms with E-state index in [1.807, 2.05) is 0 Å². The molecule has 0 aliphatic heterocycles. The van der Waals surface area contributed by atoms with E-state index in [4.69, 9.17) is 0 Å². The van der Waals surface area contributed by atoms with Crippen LogP contribution in [0.2, 0.25) is 0 Å². The molecule has 1 aromatic carbocycles. The van der Waals surface area contributed by atoms with Crippen molar-refractivity contribution in [1.82, 2.24) is 15.3 Å². The highest BCUT2D eigenvalue weighted by Gasteiger charge is 2.22. The van der Waals surface area contributed by atoms with Crippen LogP contribution in [-0.2, 0) is 11.2 Å². The number of carbonyl (C=O) groups is 2. The average Bonchev–Trinajstić information content (AvgIpc) is 2.90. The van der Waals surface area contributed by atoms with Gasteiger partial charge in [0.05, 0.1) is 11.9 Å². The van der Waals surface area contributed by atoms with Crippen LogP contribution in [0, 0.1) is 0 Å². The fourth-order valence-corrected chi connectivity index (χ4v) is 2.95. The Hall–Kier alpha value is -1.67. The van der Waals surface area contributed by atoms with Gasteiger partial charge in [0.1, 0.15) is 6.04 Å². The molecule has 0 radical (unpaired) electrons. The number of nitrogens with zero attached hydrogens (tertiary/aromatic N) is 1. The highest BCUT2D eigenvalue weighted by Crippen LogP contribution is 2.22. The summed E-state index contributed by atoms with van der Waals surface area (Å²) in [5, 5.41) is 11.7. The van der Waals surface area contributed by atoms with E-state index in [1.54, 1.807) is 18.2 Å². The summed E-state index contributed by atoms with van der Waals surface area (Å²) in [6.07, 6.45) is 3.12. The van der Waals surface area contributed by atoms with Gasteiger partial charge in [-0.1, -0.05) is 15.9 Å². The summed E-state index contributed by atoms with van der Waals surface area (Å²) < 4.78 is 1.40. The SMILES string of the molecule is O=C(N[C@@H](Cc1cnc[nH]1)C(=O)O)c1ccc(Br)cc1Br. The lowest BCUT2D eigenvalue weighted by atomic mass is 10.1. The van der Waals surface area contributed by atoms with Gasteiger partial charge in [0, 0.05) is 27.3 Å². The number of nitrogens with one attached hydrogen (secondary N) is 2. The van der Waals surface area contributed by atoms with Crippen LogP contribution in [0.3, 0.4) is 0 Å². The van der Waals surface area contributed by atoms with Crippen molar-refractivity contribution in [3.8, 4) is 0 Å². The highest BCUT2D eigenvalue weighted by molar-refractivity contribution is 9.11. The third kappa shape index (κ3) is 4.15. The summed E-state index contributed by atoms with van der Waals surface area (Å²) in [4.78, 5) is 30.1. The zero-order valence-electron chi connectivity index (χ0n) is 10.6. The summed E-state index contributed by atoms with van der Waals surface area (Å²) in [6, 6.07) is 4.01. The minimum absolute atomic E-state index is 0.134. The Kier molecular flexibility index (Phi) is 5.13. The van der Waals surface area contributed by atoms with Gasteiger partial charge in [-0.3, -0.25) is 4.79 Å². The van der Waals surface area contributed by atoms with E-state index in [2.05, 4.69) is 47.1 Å². The first kappa shape index (κ1) is 15.7. The van der Waals surface area contributed by atoms with Crippen LogP contribution < -0.4 is 5.32 Å². The van der Waals surface area contributed by atoms with Crippen LogP contribution in [-0.4, -0.2) is 33.0 Å². The molecule has 0 aliphatic rings. The minimum atomic E-state index is -1.11. The number of hydrogen-bond acceptors (Lipinski definition) is 3. The predicted octanol–water partition coefficient (Wildman–Crippen LogP) is 2.36. The zero-order valence-corrected chi connectivity index (χ0v) is 13.8. The van der Waals surface area contributed by atoms with Crippen LogP contribution in [0.25, 0.3) is 0 Å². The van der Waals surface area contributed by atoms with Crippen molar-refractivity contribution in [2.75, 3.05) is 0 Å². The standard InChI is InChI=1S/C13H11Br2N3O3/c14-7-1-2-9(10(15)3-7)12(19)18-11(13(20)21)4-8-5-16-6-17-8/h1-3,5-6,11H,4H2,(H,16,17)(H,18,19)(H,20,21)/t11-/m0/s1. The first-order valence-electron chi connectivity index (χ1n) is 5.93. The van der Waals surface area contributed by atoms with E-state index < -0.39 is 17.9 Å². The van der Waals surface area contributed by atoms with Gasteiger partial charge in [-0.05, 0) is 34.1 Å². The van der Waals surface area contributed by atoms with Crippen molar-refractivity contribution < 1.29 is 14.7 Å². The zero-order chi connectivity index (χ0) is 15.4. The normalized spacial score (nSPS) is 11.9. The Morgan fingerprint density at radius 3 is 2.71 bits per heavy atom. The largest absolute Gasteiger partial charge is 0.480 e. The number of rotatable bonds is 5. The molecule has 2 rings (SSSR count). The first-order valence-corrected chi connectivity index (χ1v) is 7.52. The molecule has 110 valence electrons. The number of imidazole rings is 1. The molecule has 1 amide bonds. The molecule has 8 heteroatoms. The fraction of sp³-hybridized carbons (Fsp3) is 0.154. The van der Waals surface area contributed by atoms with Crippen molar-refractivity contribution in [1.29, 1.82) is 0 Å². The summed E-state index contributed by atoms with van der Waals surface area (Å²) in [5.74, 6) is -1.56. The molecular formula is C13H11Br2N3O3. The lowest BCUT2D eigenvalue weighted by Gasteiger charge is -2.14. The van der Waals surface area contributed by atoms with E-state index >= 15 is 0 Å². The highest BCUT2D eigenvalue weighted by atomic mass is 79.9. The Labute approximate surface area is 137 Å². The smallest absolute Gasteiger partial charge is 0.326 e. The molecule has 3 N–H and O–H groups in total. The molecule has 0 bridgehead atoms. The van der Waals surface area contributed by atoms with Crippen molar-refractivity contribution in [2.24, 2.45) is 0 Å². The van der Waals surface area contributed by atoms with E-state index in [1.165, 1.54) is 12.5 Å². The summed E-state index contributed by atoms with van der Waals surface area (Å²) in [5.41, 5.74) is 1.01. The maximum atomic E-state index is 12.2. The Morgan fingerprint density at radius 2 is 2.14 bits per heavy atom. The van der Waals surface area contributed by atoms with E-state index in [9.17, 15) is 14.7 Å². The maximum absolute atomic E-state index is 12.2. The van der Waals surface area contributed by atoms with E-state index in [0.717, 1.165) is 4.47 Å². The number of carboxylic acids is 1. The molecular weight excluding hydrogens is 406 g/mol. The number of halogens is 2. The second-order valence-electron chi connectivity index (χ2n) is 4.27. The van der Waals surface area contributed by atoms with Crippen molar-refractivity contribution >= 4 is 43.7 Å². The number of amides is 1. The molecule has 6 nitrogen and oxygen atoms in total. The summed E-state index contributed by atoms with van der Waals surface area (Å²) in [7, 11) is 0. The van der Waals surface area contributed by atoms with Gasteiger partial charge in [-0.15, -0.1) is 0 Å². The number of aliphatic carboxylic acids is 1. The number of aromatic amines is 1. The van der Waals surface area contributed by atoms with Gasteiger partial charge in [0.2, 0.25) is 0 Å². The van der Waals surface area contributed by atoms with Gasteiger partial charge in [-0.25, -0.2) is 9.78 Å². The van der Waals surface area contributed by atoms with Gasteiger partial charge in [0.15, 0.2) is 0 Å². The van der Waals surface area contributed by atoms with Gasteiger partial charge in [-0.2, -0.15) is 0 Å². The monoisotopic (exact) mass is 415 g/mol. The number of benzene rings is 1. The minimum Gasteiger partial charge on any atom is -0.480 e. The first-order chi connectivity index (χ1) is 9.97. The van der Waals surface area contributed by atoms with Crippen LogP contribution in [0.5, 0.6) is 0 Å². The summed E-state index contributed by atoms with van der Waals surface area (Å²) >= 11 is 6.57. The fourth-order valence-electron chi connectivity index (χ4n) is 1.73. The van der Waals surface area contributed by atoms with Crippen LogP contribution in [0.1, 0.15) is 16.1 Å². The molecule has 1 heterocycles. The molecule has 1 atom stereocenters. The number of aromatic nitrogens is 2. The molecule has 1 aromatic heterocycles. The number of carboxylic acid groups (broad SMARTS) is 1. The van der Waals surface area contributed by atoms with Crippen LogP contribution in [0.4, 0.5) is 0 Å². The molecule has 0 unspecified atom stereocenters. The molecule has 2 aromatic rings. The third-order valence-corrected chi connectivity index (χ3v) is 3.91. The average molecular weight is 417 g/mol. The second kappa shape index (κ2) is 6.86. The van der Waals surface area contributed by atoms with Crippen molar-refractivity contribution in [3.05, 3.63) is 50.9 Å². The molecule has 0 saturated heterocycles. The van der Waals surface area contributed by atoms with Crippen LogP contribution in [0.15, 0.2) is 39.7 Å².